The minimum atomic E-state index is -0.929. The van der Waals surface area contributed by atoms with Gasteiger partial charge in [-0.1, -0.05) is 18.9 Å². The molecular weight excluding hydrogens is 345 g/mol. The lowest BCUT2D eigenvalue weighted by Gasteiger charge is -2.28. The van der Waals surface area contributed by atoms with Gasteiger partial charge in [0.25, 0.3) is 5.91 Å². The van der Waals surface area contributed by atoms with E-state index >= 15 is 0 Å². The van der Waals surface area contributed by atoms with Crippen molar-refractivity contribution in [2.75, 3.05) is 7.11 Å². The zero-order valence-electron chi connectivity index (χ0n) is 13.9. The Balaban J connectivity index is 1.97. The van der Waals surface area contributed by atoms with E-state index in [2.05, 4.69) is 5.32 Å². The number of carboxylic acids is 1. The number of amides is 1. The maximum Gasteiger partial charge on any atom is 0.305 e. The van der Waals surface area contributed by atoms with E-state index in [1.165, 1.54) is 24.5 Å². The number of hydrogen-bond donors (Lipinski definition) is 2. The van der Waals surface area contributed by atoms with Crippen LogP contribution in [0, 0.1) is 5.82 Å². The van der Waals surface area contributed by atoms with Crippen molar-refractivity contribution in [3.63, 3.8) is 0 Å². The largest absolute Gasteiger partial charge is 0.481 e. The van der Waals surface area contributed by atoms with Crippen LogP contribution in [0.3, 0.4) is 0 Å². The number of benzene rings is 1. The summed E-state index contributed by atoms with van der Waals surface area (Å²) in [6.45, 7) is 0.121. The lowest BCUT2D eigenvalue weighted by Crippen LogP contribution is -2.47. The molecule has 5 nitrogen and oxygen atoms in total. The number of fused-ring (bicyclic) bond motifs is 1. The van der Waals surface area contributed by atoms with E-state index in [1.807, 2.05) is 0 Å². The molecule has 1 amide bonds. The Morgan fingerprint density at radius 2 is 2.08 bits per heavy atom. The third-order valence-corrected chi connectivity index (χ3v) is 5.88. The molecule has 1 aromatic carbocycles. The lowest BCUT2D eigenvalue weighted by atomic mass is 9.93. The summed E-state index contributed by atoms with van der Waals surface area (Å²) >= 11 is 1.21. The summed E-state index contributed by atoms with van der Waals surface area (Å²) in [6, 6.07) is 4.73. The molecule has 1 saturated carbocycles. The van der Waals surface area contributed by atoms with Crippen molar-refractivity contribution in [2.24, 2.45) is 0 Å². The standard InChI is InChI=1S/C18H20FNO4S/c1-24-10-11-15-12(19)5-4-6-13(15)25-16(11)17(23)20-18(9-14(21)22)7-2-3-8-18/h4-6H,2-3,7-10H2,1H3,(H,20,23)(H,21,22). The second-order valence-electron chi connectivity index (χ2n) is 6.47. The number of carboxylic acid groups (broad SMARTS) is 1. The number of carbonyl (C=O) groups excluding carboxylic acids is 1. The second kappa shape index (κ2) is 7.09. The first-order chi connectivity index (χ1) is 12.0. The van der Waals surface area contributed by atoms with Crippen LogP contribution in [0.1, 0.15) is 47.3 Å². The fourth-order valence-electron chi connectivity index (χ4n) is 3.62. The van der Waals surface area contributed by atoms with Gasteiger partial charge >= 0.3 is 5.97 Å². The Kier molecular flexibility index (Phi) is 5.06. The van der Waals surface area contributed by atoms with Crippen LogP contribution in [0.5, 0.6) is 0 Å². The predicted octanol–water partition coefficient (Wildman–Crippen LogP) is 3.70. The summed E-state index contributed by atoms with van der Waals surface area (Å²) < 4.78 is 20.1. The highest BCUT2D eigenvalue weighted by atomic mass is 32.1. The molecule has 0 aliphatic heterocycles. The number of halogens is 1. The zero-order chi connectivity index (χ0) is 18.0. The highest BCUT2D eigenvalue weighted by molar-refractivity contribution is 7.21. The molecule has 1 aliphatic rings. The highest BCUT2D eigenvalue weighted by Crippen LogP contribution is 2.36. The number of aliphatic carboxylic acids is 1. The van der Waals surface area contributed by atoms with E-state index in [-0.39, 0.29) is 24.8 Å². The third-order valence-electron chi connectivity index (χ3n) is 4.69. The van der Waals surface area contributed by atoms with Crippen molar-refractivity contribution in [2.45, 2.75) is 44.2 Å². The molecule has 0 spiro atoms. The van der Waals surface area contributed by atoms with E-state index in [9.17, 15) is 19.1 Å². The first-order valence-corrected chi connectivity index (χ1v) is 9.00. The number of carbonyl (C=O) groups is 2. The molecule has 134 valence electrons. The molecule has 1 aromatic heterocycles. The smallest absolute Gasteiger partial charge is 0.305 e. The lowest BCUT2D eigenvalue weighted by molar-refractivity contribution is -0.138. The van der Waals surface area contributed by atoms with Crippen LogP contribution in [0.2, 0.25) is 0 Å². The number of thiophene rings is 1. The van der Waals surface area contributed by atoms with Crippen molar-refractivity contribution in [3.8, 4) is 0 Å². The molecule has 1 fully saturated rings. The molecule has 25 heavy (non-hydrogen) atoms. The Bertz CT molecular complexity index is 811. The van der Waals surface area contributed by atoms with Crippen molar-refractivity contribution in [3.05, 3.63) is 34.5 Å². The van der Waals surface area contributed by atoms with Crippen LogP contribution >= 0.6 is 11.3 Å². The van der Waals surface area contributed by atoms with E-state index in [4.69, 9.17) is 4.74 Å². The van der Waals surface area contributed by atoms with E-state index in [0.717, 1.165) is 12.8 Å². The Labute approximate surface area is 148 Å². The molecule has 0 radical (unpaired) electrons. The van der Waals surface area contributed by atoms with Gasteiger partial charge in [-0.2, -0.15) is 0 Å². The van der Waals surface area contributed by atoms with Crippen LogP contribution < -0.4 is 5.32 Å². The Morgan fingerprint density at radius 1 is 1.36 bits per heavy atom. The molecule has 1 aliphatic carbocycles. The van der Waals surface area contributed by atoms with Crippen LogP contribution in [-0.2, 0) is 16.1 Å². The summed E-state index contributed by atoms with van der Waals surface area (Å²) in [6.07, 6.45) is 2.96. The van der Waals surface area contributed by atoms with Gasteiger partial charge in [0.05, 0.1) is 23.4 Å². The number of rotatable bonds is 6. The molecule has 0 unspecified atom stereocenters. The SMILES string of the molecule is COCc1c(C(=O)NC2(CC(=O)O)CCCC2)sc2cccc(F)c12. The number of ether oxygens (including phenoxy) is 1. The fourth-order valence-corrected chi connectivity index (χ4v) is 4.73. The second-order valence-corrected chi connectivity index (χ2v) is 7.52. The van der Waals surface area contributed by atoms with Crippen molar-refractivity contribution < 1.29 is 23.8 Å². The van der Waals surface area contributed by atoms with Gasteiger partial charge in [0.1, 0.15) is 5.82 Å². The first-order valence-electron chi connectivity index (χ1n) is 8.19. The van der Waals surface area contributed by atoms with Crippen LogP contribution in [0.4, 0.5) is 4.39 Å². The fraction of sp³-hybridized carbons (Fsp3) is 0.444. The average molecular weight is 365 g/mol. The number of hydrogen-bond acceptors (Lipinski definition) is 4. The predicted molar refractivity (Wildman–Crippen MR) is 93.4 cm³/mol. The van der Waals surface area contributed by atoms with E-state index in [1.54, 1.807) is 12.1 Å². The molecule has 0 atom stereocenters. The van der Waals surface area contributed by atoms with Crippen LogP contribution in [-0.4, -0.2) is 29.6 Å². The molecular formula is C18H20FNO4S. The van der Waals surface area contributed by atoms with Gasteiger partial charge in [-0.25, -0.2) is 4.39 Å². The topological polar surface area (TPSA) is 75.6 Å². The van der Waals surface area contributed by atoms with Gasteiger partial charge in [0, 0.05) is 22.8 Å². The third kappa shape index (κ3) is 3.52. The summed E-state index contributed by atoms with van der Waals surface area (Å²) in [5.41, 5.74) is -0.205. The maximum atomic E-state index is 14.2. The van der Waals surface area contributed by atoms with Crippen molar-refractivity contribution in [1.82, 2.24) is 5.32 Å². The number of methoxy groups -OCH3 is 1. The van der Waals surface area contributed by atoms with Gasteiger partial charge in [-0.15, -0.1) is 11.3 Å². The molecule has 2 aromatic rings. The zero-order valence-corrected chi connectivity index (χ0v) is 14.7. The van der Waals surface area contributed by atoms with Crippen molar-refractivity contribution >= 4 is 33.3 Å². The minimum Gasteiger partial charge on any atom is -0.481 e. The Morgan fingerprint density at radius 3 is 2.72 bits per heavy atom. The maximum absolute atomic E-state index is 14.2. The minimum absolute atomic E-state index is 0.0996. The molecule has 0 bridgehead atoms. The molecule has 0 saturated heterocycles. The summed E-state index contributed by atoms with van der Waals surface area (Å²) in [4.78, 5) is 24.5. The Hall–Kier alpha value is -1.99. The first kappa shape index (κ1) is 17.8. The van der Waals surface area contributed by atoms with Crippen LogP contribution in [0.15, 0.2) is 18.2 Å². The highest BCUT2D eigenvalue weighted by Gasteiger charge is 2.38. The number of nitrogens with one attached hydrogen (secondary N) is 1. The van der Waals surface area contributed by atoms with Gasteiger partial charge in [-0.05, 0) is 25.0 Å². The molecule has 1 heterocycles. The quantitative estimate of drug-likeness (QED) is 0.818. The molecule has 3 rings (SSSR count). The monoisotopic (exact) mass is 365 g/mol. The summed E-state index contributed by atoms with van der Waals surface area (Å²) in [5.74, 6) is -1.67. The van der Waals surface area contributed by atoms with E-state index < -0.39 is 11.5 Å². The van der Waals surface area contributed by atoms with Crippen molar-refractivity contribution in [1.29, 1.82) is 0 Å². The van der Waals surface area contributed by atoms with Gasteiger partial charge in [0.15, 0.2) is 0 Å². The molecule has 7 heteroatoms. The average Bonchev–Trinajstić information content (AvgIpc) is 3.13. The van der Waals surface area contributed by atoms with Gasteiger partial charge in [0.2, 0.25) is 0 Å². The summed E-state index contributed by atoms with van der Waals surface area (Å²) in [7, 11) is 1.49. The molecule has 2 N–H and O–H groups in total. The summed E-state index contributed by atoms with van der Waals surface area (Å²) in [5, 5.41) is 12.5. The van der Waals surface area contributed by atoms with Crippen LogP contribution in [0.25, 0.3) is 10.1 Å². The normalized spacial score (nSPS) is 16.2. The van der Waals surface area contributed by atoms with Gasteiger partial charge < -0.3 is 15.2 Å². The van der Waals surface area contributed by atoms with Gasteiger partial charge in [-0.3, -0.25) is 9.59 Å². The van der Waals surface area contributed by atoms with E-state index in [0.29, 0.717) is 33.4 Å².